The summed E-state index contributed by atoms with van der Waals surface area (Å²) in [6.07, 6.45) is 1.86. The summed E-state index contributed by atoms with van der Waals surface area (Å²) in [4.78, 5) is 7.69. The van der Waals surface area contributed by atoms with Crippen molar-refractivity contribution in [3.63, 3.8) is 0 Å². The van der Waals surface area contributed by atoms with Gasteiger partial charge >= 0.3 is 0 Å². The molecule has 0 radical (unpaired) electrons. The third-order valence-corrected chi connectivity index (χ3v) is 4.11. The summed E-state index contributed by atoms with van der Waals surface area (Å²) in [6.45, 7) is 5.72. The van der Waals surface area contributed by atoms with E-state index in [0.29, 0.717) is 6.54 Å². The van der Waals surface area contributed by atoms with Crippen LogP contribution >= 0.6 is 11.3 Å². The van der Waals surface area contributed by atoms with Crippen LogP contribution in [0, 0.1) is 13.8 Å². The third kappa shape index (κ3) is 2.89. The molecule has 3 nitrogen and oxygen atoms in total. The summed E-state index contributed by atoms with van der Waals surface area (Å²) in [5, 5.41) is 1.02. The topological polar surface area (TPSA) is 42.2 Å². The Morgan fingerprint density at radius 3 is 2.72 bits per heavy atom. The molecule has 2 rings (SSSR count). The lowest BCUT2D eigenvalue weighted by molar-refractivity contribution is 0.905. The number of anilines is 1. The molecule has 96 valence electrons. The maximum Gasteiger partial charge on any atom is 0.185 e. The molecule has 0 fully saturated rings. The van der Waals surface area contributed by atoms with Crippen molar-refractivity contribution in [3.05, 3.63) is 46.0 Å². The summed E-state index contributed by atoms with van der Waals surface area (Å²) in [7, 11) is 2.07. The second kappa shape index (κ2) is 5.50. The zero-order valence-corrected chi connectivity index (χ0v) is 11.9. The molecule has 1 aromatic carbocycles. The van der Waals surface area contributed by atoms with E-state index in [-0.39, 0.29) is 0 Å². The molecule has 0 atom stereocenters. The average molecular weight is 261 g/mol. The molecule has 0 spiro atoms. The van der Waals surface area contributed by atoms with Crippen LogP contribution in [0.3, 0.4) is 0 Å². The Balaban J connectivity index is 2.13. The number of nitrogens with two attached hydrogens (primary N) is 1. The average Bonchev–Trinajstić information content (AvgIpc) is 2.81. The van der Waals surface area contributed by atoms with Crippen LogP contribution in [0.1, 0.15) is 21.6 Å². The number of aryl methyl sites for hydroxylation is 2. The maximum absolute atomic E-state index is 5.61. The van der Waals surface area contributed by atoms with E-state index >= 15 is 0 Å². The first-order valence-electron chi connectivity index (χ1n) is 6.02. The minimum atomic E-state index is 0.565. The van der Waals surface area contributed by atoms with E-state index < -0.39 is 0 Å². The largest absolute Gasteiger partial charge is 0.347 e. The number of thiazole rings is 1. The minimum Gasteiger partial charge on any atom is -0.347 e. The lowest BCUT2D eigenvalue weighted by atomic mass is 10.1. The number of rotatable bonds is 4. The van der Waals surface area contributed by atoms with Crippen LogP contribution in [0.4, 0.5) is 5.13 Å². The van der Waals surface area contributed by atoms with E-state index in [1.165, 1.54) is 16.7 Å². The van der Waals surface area contributed by atoms with Gasteiger partial charge in [-0.05, 0) is 25.0 Å². The fraction of sp³-hybridized carbons (Fsp3) is 0.357. The van der Waals surface area contributed by atoms with Crippen LogP contribution < -0.4 is 10.6 Å². The van der Waals surface area contributed by atoms with Crippen molar-refractivity contribution < 1.29 is 0 Å². The van der Waals surface area contributed by atoms with Crippen molar-refractivity contribution >= 4 is 16.5 Å². The van der Waals surface area contributed by atoms with Gasteiger partial charge in [0.15, 0.2) is 5.13 Å². The predicted octanol–water partition coefficient (Wildman–Crippen LogP) is 2.86. The Hall–Kier alpha value is -1.39. The lowest BCUT2D eigenvalue weighted by Gasteiger charge is -2.17. The number of aromatic nitrogens is 1. The first-order chi connectivity index (χ1) is 8.60. The van der Waals surface area contributed by atoms with Crippen molar-refractivity contribution in [3.8, 4) is 0 Å². The fourth-order valence-electron chi connectivity index (χ4n) is 1.91. The van der Waals surface area contributed by atoms with E-state index in [2.05, 4.69) is 49.0 Å². The summed E-state index contributed by atoms with van der Waals surface area (Å²) in [6, 6.07) is 6.57. The molecule has 0 unspecified atom stereocenters. The van der Waals surface area contributed by atoms with E-state index in [1.54, 1.807) is 11.3 Å². The standard InChI is InChI=1S/C14H19N3S/c1-10-4-5-12(11(2)6-10)9-17(3)14-16-8-13(7-15)18-14/h4-6,8H,7,9,15H2,1-3H3. The molecule has 0 aliphatic carbocycles. The van der Waals surface area contributed by atoms with E-state index in [4.69, 9.17) is 5.73 Å². The van der Waals surface area contributed by atoms with Crippen LogP contribution in [0.15, 0.2) is 24.4 Å². The van der Waals surface area contributed by atoms with Crippen LogP contribution in [0.25, 0.3) is 0 Å². The molecule has 0 bridgehead atoms. The Kier molecular flexibility index (Phi) is 3.99. The van der Waals surface area contributed by atoms with Gasteiger partial charge in [0.05, 0.1) is 0 Å². The van der Waals surface area contributed by atoms with Gasteiger partial charge in [-0.1, -0.05) is 23.8 Å². The highest BCUT2D eigenvalue weighted by Gasteiger charge is 2.08. The molecule has 2 N–H and O–H groups in total. The summed E-state index contributed by atoms with van der Waals surface area (Å²) in [5.41, 5.74) is 9.58. The summed E-state index contributed by atoms with van der Waals surface area (Å²) in [5.74, 6) is 0. The van der Waals surface area contributed by atoms with Gasteiger partial charge in [0.25, 0.3) is 0 Å². The van der Waals surface area contributed by atoms with Gasteiger partial charge in [-0.25, -0.2) is 4.98 Å². The van der Waals surface area contributed by atoms with Gasteiger partial charge in [-0.15, -0.1) is 11.3 Å². The number of hydrogen-bond donors (Lipinski definition) is 1. The quantitative estimate of drug-likeness (QED) is 0.920. The van der Waals surface area contributed by atoms with Gasteiger partial charge in [0, 0.05) is 31.2 Å². The molecular weight excluding hydrogens is 242 g/mol. The maximum atomic E-state index is 5.61. The van der Waals surface area contributed by atoms with E-state index in [9.17, 15) is 0 Å². The molecule has 0 saturated heterocycles. The number of nitrogens with zero attached hydrogens (tertiary/aromatic N) is 2. The van der Waals surface area contributed by atoms with E-state index in [0.717, 1.165) is 16.6 Å². The summed E-state index contributed by atoms with van der Waals surface area (Å²) >= 11 is 1.66. The lowest BCUT2D eigenvalue weighted by Crippen LogP contribution is -2.16. The van der Waals surface area contributed by atoms with Gasteiger partial charge < -0.3 is 10.6 Å². The SMILES string of the molecule is Cc1ccc(CN(C)c2ncc(CN)s2)c(C)c1. The van der Waals surface area contributed by atoms with Crippen molar-refractivity contribution in [1.82, 2.24) is 4.98 Å². The van der Waals surface area contributed by atoms with Crippen molar-refractivity contribution in [2.75, 3.05) is 11.9 Å². The van der Waals surface area contributed by atoms with Crippen LogP contribution in [-0.4, -0.2) is 12.0 Å². The molecule has 0 aliphatic heterocycles. The van der Waals surface area contributed by atoms with Crippen LogP contribution in [0.5, 0.6) is 0 Å². The number of hydrogen-bond acceptors (Lipinski definition) is 4. The monoisotopic (exact) mass is 261 g/mol. The summed E-state index contributed by atoms with van der Waals surface area (Å²) < 4.78 is 0. The second-order valence-corrected chi connectivity index (χ2v) is 5.69. The number of benzene rings is 1. The molecule has 4 heteroatoms. The highest BCUT2D eigenvalue weighted by Crippen LogP contribution is 2.23. The second-order valence-electron chi connectivity index (χ2n) is 4.60. The molecule has 0 aliphatic rings. The van der Waals surface area contributed by atoms with Crippen molar-refractivity contribution in [2.45, 2.75) is 26.9 Å². The van der Waals surface area contributed by atoms with Gasteiger partial charge in [0.2, 0.25) is 0 Å². The Morgan fingerprint density at radius 1 is 1.33 bits per heavy atom. The smallest absolute Gasteiger partial charge is 0.185 e. The van der Waals surface area contributed by atoms with Crippen molar-refractivity contribution in [1.29, 1.82) is 0 Å². The molecule has 0 saturated carbocycles. The fourth-order valence-corrected chi connectivity index (χ4v) is 2.66. The predicted molar refractivity (Wildman–Crippen MR) is 78.0 cm³/mol. The molecule has 18 heavy (non-hydrogen) atoms. The Morgan fingerprint density at radius 2 is 2.11 bits per heavy atom. The van der Waals surface area contributed by atoms with Crippen molar-refractivity contribution in [2.24, 2.45) is 5.73 Å². The van der Waals surface area contributed by atoms with Crippen LogP contribution in [-0.2, 0) is 13.1 Å². The van der Waals surface area contributed by atoms with E-state index in [1.807, 2.05) is 6.20 Å². The molecule has 1 heterocycles. The zero-order chi connectivity index (χ0) is 13.1. The van der Waals surface area contributed by atoms with Crippen LogP contribution in [0.2, 0.25) is 0 Å². The normalized spacial score (nSPS) is 10.7. The highest BCUT2D eigenvalue weighted by molar-refractivity contribution is 7.15. The first-order valence-corrected chi connectivity index (χ1v) is 6.84. The Labute approximate surface area is 112 Å². The molecule has 1 aromatic heterocycles. The molecule has 2 aromatic rings. The highest BCUT2D eigenvalue weighted by atomic mass is 32.1. The van der Waals surface area contributed by atoms with Gasteiger partial charge in [-0.3, -0.25) is 0 Å². The molecular formula is C14H19N3S. The van der Waals surface area contributed by atoms with Gasteiger partial charge in [0.1, 0.15) is 0 Å². The first kappa shape index (κ1) is 13.1. The Bertz CT molecular complexity index is 534. The minimum absolute atomic E-state index is 0.565. The third-order valence-electron chi connectivity index (χ3n) is 2.97. The molecule has 0 amide bonds. The zero-order valence-electron chi connectivity index (χ0n) is 11.1. The van der Waals surface area contributed by atoms with Gasteiger partial charge in [-0.2, -0.15) is 0 Å².